The van der Waals surface area contributed by atoms with E-state index in [-0.39, 0.29) is 0 Å². The Morgan fingerprint density at radius 1 is 1.35 bits per heavy atom. The highest BCUT2D eigenvalue weighted by Gasteiger charge is 2.12. The molecule has 0 aliphatic heterocycles. The summed E-state index contributed by atoms with van der Waals surface area (Å²) in [5.41, 5.74) is 9.62. The molecule has 0 unspecified atom stereocenters. The highest BCUT2D eigenvalue weighted by atomic mass is 32.1. The van der Waals surface area contributed by atoms with E-state index in [1.807, 2.05) is 0 Å². The van der Waals surface area contributed by atoms with Crippen LogP contribution in [0.25, 0.3) is 0 Å². The van der Waals surface area contributed by atoms with Crippen molar-refractivity contribution in [3.05, 3.63) is 34.9 Å². The van der Waals surface area contributed by atoms with Crippen LogP contribution in [0.4, 0.5) is 0 Å². The van der Waals surface area contributed by atoms with Gasteiger partial charge in [0.05, 0.1) is 4.99 Å². The van der Waals surface area contributed by atoms with Crippen LogP contribution in [0.15, 0.2) is 18.2 Å². The molecule has 94 valence electrons. The third-order valence-corrected chi connectivity index (χ3v) is 3.10. The van der Waals surface area contributed by atoms with Gasteiger partial charge in [-0.05, 0) is 38.8 Å². The number of hydrogen-bond acceptors (Lipinski definition) is 2. The van der Waals surface area contributed by atoms with Crippen molar-refractivity contribution in [3.8, 4) is 0 Å². The minimum Gasteiger partial charge on any atom is -0.392 e. The summed E-state index contributed by atoms with van der Waals surface area (Å²) in [7, 11) is 0. The van der Waals surface area contributed by atoms with Crippen molar-refractivity contribution in [3.63, 3.8) is 0 Å². The Morgan fingerprint density at radius 2 is 2.00 bits per heavy atom. The summed E-state index contributed by atoms with van der Waals surface area (Å²) in [6.45, 7) is 10.2. The summed E-state index contributed by atoms with van der Waals surface area (Å²) >= 11 is 5.00. The van der Waals surface area contributed by atoms with Crippen LogP contribution in [0.5, 0.6) is 0 Å². The topological polar surface area (TPSA) is 29.3 Å². The number of nitrogens with zero attached hydrogens (tertiary/aromatic N) is 1. The summed E-state index contributed by atoms with van der Waals surface area (Å²) < 4.78 is 0. The van der Waals surface area contributed by atoms with Crippen LogP contribution in [-0.4, -0.2) is 22.5 Å². The monoisotopic (exact) mass is 250 g/mol. The maximum atomic E-state index is 5.64. The first-order chi connectivity index (χ1) is 7.90. The van der Waals surface area contributed by atoms with Crippen LogP contribution in [0.2, 0.25) is 0 Å². The Balaban J connectivity index is 2.85. The molecule has 0 spiro atoms. The minimum absolute atomic E-state index is 0.441. The lowest BCUT2D eigenvalue weighted by molar-refractivity contribution is 0.245. The zero-order valence-electron chi connectivity index (χ0n) is 11.2. The molecule has 17 heavy (non-hydrogen) atoms. The summed E-state index contributed by atoms with van der Waals surface area (Å²) in [6.07, 6.45) is 0. The molecule has 0 saturated carbocycles. The third kappa shape index (κ3) is 4.44. The Bertz CT molecular complexity index is 399. The smallest absolute Gasteiger partial charge is 0.0870 e. The number of hydrogen-bond donors (Lipinski definition) is 1. The molecule has 0 amide bonds. The molecule has 0 bridgehead atoms. The lowest BCUT2D eigenvalue weighted by atomic mass is 10.0. The van der Waals surface area contributed by atoms with Gasteiger partial charge in [-0.1, -0.05) is 36.0 Å². The number of rotatable bonds is 5. The SMILES string of the molecule is Cc1ccc(C)c(CN(CC(N)=S)C(C)C)c1. The van der Waals surface area contributed by atoms with E-state index >= 15 is 0 Å². The number of benzene rings is 1. The van der Waals surface area contributed by atoms with Crippen molar-refractivity contribution in [2.75, 3.05) is 6.54 Å². The molecule has 0 radical (unpaired) electrons. The lowest BCUT2D eigenvalue weighted by Gasteiger charge is -2.26. The van der Waals surface area contributed by atoms with E-state index in [0.717, 1.165) is 6.54 Å². The van der Waals surface area contributed by atoms with Gasteiger partial charge < -0.3 is 5.73 Å². The predicted molar refractivity (Wildman–Crippen MR) is 78.2 cm³/mol. The van der Waals surface area contributed by atoms with Crippen molar-refractivity contribution in [2.45, 2.75) is 40.3 Å². The first kappa shape index (κ1) is 14.1. The number of aryl methyl sites for hydroxylation is 2. The molecule has 1 aromatic carbocycles. The molecule has 0 aliphatic rings. The van der Waals surface area contributed by atoms with Gasteiger partial charge in [0.15, 0.2) is 0 Å². The van der Waals surface area contributed by atoms with Crippen LogP contribution in [0, 0.1) is 13.8 Å². The Morgan fingerprint density at radius 3 is 2.53 bits per heavy atom. The zero-order valence-corrected chi connectivity index (χ0v) is 12.0. The van der Waals surface area contributed by atoms with E-state index in [4.69, 9.17) is 18.0 Å². The van der Waals surface area contributed by atoms with Gasteiger partial charge in [-0.25, -0.2) is 0 Å². The van der Waals surface area contributed by atoms with Gasteiger partial charge in [-0.3, -0.25) is 4.90 Å². The fourth-order valence-corrected chi connectivity index (χ4v) is 1.98. The average Bonchev–Trinajstić information content (AvgIpc) is 2.21. The Kier molecular flexibility index (Phi) is 5.09. The summed E-state index contributed by atoms with van der Waals surface area (Å²) in [5, 5.41) is 0. The molecule has 1 aromatic rings. The molecule has 0 fully saturated rings. The predicted octanol–water partition coefficient (Wildman–Crippen LogP) is 2.80. The standard InChI is InChI=1S/C14H22N2S/c1-10(2)16(9-14(15)17)8-13-7-11(3)5-6-12(13)4/h5-7,10H,8-9H2,1-4H3,(H2,15,17). The summed E-state index contributed by atoms with van der Waals surface area (Å²) in [6, 6.07) is 7.00. The van der Waals surface area contributed by atoms with E-state index in [0.29, 0.717) is 17.6 Å². The van der Waals surface area contributed by atoms with Gasteiger partial charge in [0.2, 0.25) is 0 Å². The van der Waals surface area contributed by atoms with E-state index < -0.39 is 0 Å². The second kappa shape index (κ2) is 6.12. The maximum Gasteiger partial charge on any atom is 0.0870 e. The minimum atomic E-state index is 0.441. The average molecular weight is 250 g/mol. The molecule has 1 rings (SSSR count). The fraction of sp³-hybridized carbons (Fsp3) is 0.500. The van der Waals surface area contributed by atoms with Crippen molar-refractivity contribution in [2.24, 2.45) is 5.73 Å². The largest absolute Gasteiger partial charge is 0.392 e. The van der Waals surface area contributed by atoms with Gasteiger partial charge in [-0.2, -0.15) is 0 Å². The van der Waals surface area contributed by atoms with Gasteiger partial charge in [0, 0.05) is 19.1 Å². The van der Waals surface area contributed by atoms with Crippen LogP contribution in [0.3, 0.4) is 0 Å². The molecule has 0 saturated heterocycles. The molecule has 2 nitrogen and oxygen atoms in total. The summed E-state index contributed by atoms with van der Waals surface area (Å²) in [5.74, 6) is 0. The molecule has 0 atom stereocenters. The van der Waals surface area contributed by atoms with Crippen LogP contribution in [-0.2, 0) is 6.54 Å². The number of nitrogens with two attached hydrogens (primary N) is 1. The second-order valence-corrected chi connectivity index (χ2v) is 5.42. The maximum absolute atomic E-state index is 5.64. The van der Waals surface area contributed by atoms with Crippen molar-refractivity contribution >= 4 is 17.2 Å². The number of thiocarbonyl (C=S) groups is 1. The quantitative estimate of drug-likeness (QED) is 0.815. The molecule has 0 heterocycles. The molecular weight excluding hydrogens is 228 g/mol. The zero-order chi connectivity index (χ0) is 13.0. The third-order valence-electron chi connectivity index (χ3n) is 2.97. The lowest BCUT2D eigenvalue weighted by Crippen LogP contribution is -2.37. The van der Waals surface area contributed by atoms with E-state index in [2.05, 4.69) is 50.8 Å². The van der Waals surface area contributed by atoms with E-state index in [9.17, 15) is 0 Å². The Labute approximate surface area is 110 Å². The van der Waals surface area contributed by atoms with E-state index in [1.54, 1.807) is 0 Å². The van der Waals surface area contributed by atoms with Crippen molar-refractivity contribution in [1.29, 1.82) is 0 Å². The summed E-state index contributed by atoms with van der Waals surface area (Å²) in [4.78, 5) is 2.86. The van der Waals surface area contributed by atoms with Gasteiger partial charge in [0.25, 0.3) is 0 Å². The first-order valence-corrected chi connectivity index (χ1v) is 6.39. The second-order valence-electron chi connectivity index (χ2n) is 4.89. The van der Waals surface area contributed by atoms with Crippen LogP contribution >= 0.6 is 12.2 Å². The van der Waals surface area contributed by atoms with Crippen LogP contribution in [0.1, 0.15) is 30.5 Å². The highest BCUT2D eigenvalue weighted by molar-refractivity contribution is 7.80. The normalized spacial score (nSPS) is 11.2. The first-order valence-electron chi connectivity index (χ1n) is 5.98. The van der Waals surface area contributed by atoms with Crippen molar-refractivity contribution < 1.29 is 0 Å². The van der Waals surface area contributed by atoms with Crippen molar-refractivity contribution in [1.82, 2.24) is 4.90 Å². The van der Waals surface area contributed by atoms with Gasteiger partial charge >= 0.3 is 0 Å². The molecule has 2 N–H and O–H groups in total. The molecule has 3 heteroatoms. The molecule has 0 aromatic heterocycles. The van der Waals surface area contributed by atoms with Gasteiger partial charge in [0.1, 0.15) is 0 Å². The molecular formula is C14H22N2S. The Hall–Kier alpha value is -0.930. The highest BCUT2D eigenvalue weighted by Crippen LogP contribution is 2.14. The fourth-order valence-electron chi connectivity index (χ4n) is 1.81. The van der Waals surface area contributed by atoms with E-state index in [1.165, 1.54) is 16.7 Å². The van der Waals surface area contributed by atoms with Crippen LogP contribution < -0.4 is 5.73 Å². The van der Waals surface area contributed by atoms with Gasteiger partial charge in [-0.15, -0.1) is 0 Å². The molecule has 0 aliphatic carbocycles.